The molecule has 574 valence electrons. The van der Waals surface area contributed by atoms with E-state index in [0.29, 0.717) is 86.1 Å². The van der Waals surface area contributed by atoms with Gasteiger partial charge in [0.05, 0.1) is 119 Å². The molecule has 0 bridgehead atoms. The maximum atomic E-state index is 15.0. The minimum atomic E-state index is -0.505. The number of aromatic amines is 2. The lowest BCUT2D eigenvalue weighted by molar-refractivity contribution is -0.686. The Kier molecular flexibility index (Phi) is 27.8. The Bertz CT molecular complexity index is 4810. The minimum absolute atomic E-state index is 0. The molecule has 3 aliphatic rings. The van der Waals surface area contributed by atoms with Crippen LogP contribution < -0.4 is 60.2 Å². The van der Waals surface area contributed by atoms with Crippen LogP contribution in [0.25, 0.3) is 33.4 Å². The second kappa shape index (κ2) is 38.9. The molecule has 7 N–H and O–H groups in total. The molecule has 3 fully saturated rings. The van der Waals surface area contributed by atoms with Gasteiger partial charge in [-0.2, -0.15) is 30.8 Å². The van der Waals surface area contributed by atoms with Crippen LogP contribution in [0.2, 0.25) is 0 Å². The fourth-order valence-electron chi connectivity index (χ4n) is 12.2. The van der Waals surface area contributed by atoms with Gasteiger partial charge in [0, 0.05) is 65.7 Å². The molecule has 0 spiro atoms. The third kappa shape index (κ3) is 21.6. The van der Waals surface area contributed by atoms with E-state index in [2.05, 4.69) is 94.9 Å². The number of carbonyl (C=O) groups is 3. The van der Waals surface area contributed by atoms with Gasteiger partial charge in [-0.15, -0.1) is 20.4 Å². The standard InChI is InChI=1S/2C22H21FN8O2.C21H22FN5O2.C10H11N3O.2ClH/c2*23-21-9-18(31-14-19(33-22(31)32)13-30-8-7-25-29-30)5-6-20(21)16-3-1-15(2-4-16)10-24-11-17-12-26-28-27-17;1-2-23-12-15-3-5-16(6-4-15)19-8-7-17(11-20(19)22)27-14-18(29-21(27)28)13-26-10-9-24-25-26;1-14-10-4-2-9(3-5-10)8-13-7-6-11-12-13;;/h2*1-9,12,19,24H,10-11,13-14H2,(H,26,27,28);3-11,18,23H,2,12-14H2,1H3;2-7H,8H2,1H3;2*1H/t2*19-;18-;;;/m000.../s1. The molecule has 0 saturated carbocycles. The number of cyclic esters (lactones) is 3. The van der Waals surface area contributed by atoms with Crippen LogP contribution in [0.5, 0.6) is 5.75 Å². The number of aromatic nitrogens is 18. The van der Waals surface area contributed by atoms with Crippen molar-refractivity contribution in [2.24, 2.45) is 0 Å². The van der Waals surface area contributed by atoms with Crippen molar-refractivity contribution in [1.82, 2.24) is 96.1 Å². The molecule has 3 saturated heterocycles. The number of nitrogens with two attached hydrogens (primary N) is 2. The summed E-state index contributed by atoms with van der Waals surface area (Å²) in [5, 5.41) is 58.8. The number of ether oxygens (including phenoxy) is 4. The summed E-state index contributed by atoms with van der Waals surface area (Å²) >= 11 is 0. The molecule has 16 rings (SSSR count). The highest BCUT2D eigenvalue weighted by Crippen LogP contribution is 2.33. The zero-order chi connectivity index (χ0) is 75.3. The third-order valence-corrected chi connectivity index (χ3v) is 17.7. The molecule has 3 aliphatic heterocycles. The number of H-pyrrole nitrogens is 2. The van der Waals surface area contributed by atoms with Gasteiger partial charge in [0.2, 0.25) is 0 Å². The first kappa shape index (κ1) is 79.3. The fourth-order valence-corrected chi connectivity index (χ4v) is 12.2. The highest BCUT2D eigenvalue weighted by Gasteiger charge is 2.36. The maximum Gasteiger partial charge on any atom is 0.414 e. The van der Waals surface area contributed by atoms with E-state index in [9.17, 15) is 27.6 Å². The van der Waals surface area contributed by atoms with E-state index in [4.69, 9.17) is 18.9 Å². The van der Waals surface area contributed by atoms with Gasteiger partial charge >= 0.3 is 18.3 Å². The molecule has 0 unspecified atom stereocenters. The molecule has 3 amide bonds. The van der Waals surface area contributed by atoms with E-state index < -0.39 is 29.9 Å². The molecule has 111 heavy (non-hydrogen) atoms. The van der Waals surface area contributed by atoms with E-state index in [1.165, 1.54) is 44.0 Å². The first-order chi connectivity index (χ1) is 53.3. The lowest BCUT2D eigenvalue weighted by Gasteiger charge is -2.14. The van der Waals surface area contributed by atoms with Gasteiger partial charge in [-0.3, -0.25) is 14.7 Å². The van der Waals surface area contributed by atoms with Gasteiger partial charge in [0.15, 0.2) is 0 Å². The second-order valence-electron chi connectivity index (χ2n) is 25.4. The first-order valence-corrected chi connectivity index (χ1v) is 35.0. The van der Waals surface area contributed by atoms with Crippen LogP contribution in [-0.4, -0.2) is 161 Å². The van der Waals surface area contributed by atoms with E-state index in [0.717, 1.165) is 77.7 Å². The minimum Gasteiger partial charge on any atom is -1.00 e. The first-order valence-electron chi connectivity index (χ1n) is 35.0. The Morgan fingerprint density at radius 1 is 0.459 bits per heavy atom. The van der Waals surface area contributed by atoms with Crippen molar-refractivity contribution in [2.45, 2.75) is 84.1 Å². The fraction of sp³-hybridized carbons (Fsp3) is 0.240. The molecular formula is C75H77Cl2F3N24O7. The average molecular weight is 1550 g/mol. The van der Waals surface area contributed by atoms with Crippen molar-refractivity contribution in [3.8, 4) is 39.1 Å². The summed E-state index contributed by atoms with van der Waals surface area (Å²) in [6.07, 6.45) is 14.0. The number of anilines is 3. The number of nitrogens with one attached hydrogen (secondary N) is 3. The molecule has 31 nitrogen and oxygen atoms in total. The number of carbonyl (C=O) groups excluding carboxylic acids is 3. The number of nitrogens with zero attached hydrogens (tertiary/aromatic N) is 19. The lowest BCUT2D eigenvalue weighted by atomic mass is 10.0. The molecular weight excluding hydrogens is 1480 g/mol. The number of methoxy groups -OCH3 is 1. The predicted octanol–water partition coefficient (Wildman–Crippen LogP) is 1.54. The predicted molar refractivity (Wildman–Crippen MR) is 389 cm³/mol. The van der Waals surface area contributed by atoms with E-state index >= 15 is 0 Å². The van der Waals surface area contributed by atoms with Crippen LogP contribution in [0, 0.1) is 17.5 Å². The Hall–Kier alpha value is -12.8. The van der Waals surface area contributed by atoms with Gasteiger partial charge in [-0.05, 0) is 101 Å². The molecule has 6 aromatic heterocycles. The van der Waals surface area contributed by atoms with Crippen LogP contribution >= 0.6 is 0 Å². The summed E-state index contributed by atoms with van der Waals surface area (Å²) in [6.45, 7) is 9.70. The van der Waals surface area contributed by atoms with Crippen LogP contribution in [0.1, 0.15) is 40.6 Å². The van der Waals surface area contributed by atoms with Gasteiger partial charge in [-0.1, -0.05) is 106 Å². The van der Waals surface area contributed by atoms with Gasteiger partial charge in [-0.25, -0.2) is 46.3 Å². The van der Waals surface area contributed by atoms with Crippen LogP contribution in [0.4, 0.5) is 44.6 Å². The average Bonchev–Trinajstić information content (AvgIpc) is 1.77. The van der Waals surface area contributed by atoms with E-state index in [1.54, 1.807) is 118 Å². The number of rotatable bonds is 26. The smallest absolute Gasteiger partial charge is 0.414 e. The SMILES string of the molecule is CC[NH2+]Cc1ccc(-c2ccc(N3C[C@H](Cn4ccnn4)OC3=O)cc2F)cc1.COc1ccc(Cn2ccnn2)cc1.O=C1O[C@@H](Cn2ccnn2)CN1c1ccc(-c2ccc(CNCc3cn[nH]n3)cc2)c(F)c1.O=C1O[C@@H](Cn2ccnn2)CN1c1ccc(-c2ccc(C[NH2+]Cc3cn[nH]n3)cc2)c(F)c1.[Cl-].[Cl-]. The van der Waals surface area contributed by atoms with Crippen LogP contribution in [0.15, 0.2) is 214 Å². The van der Waals surface area contributed by atoms with Crippen molar-refractivity contribution in [2.75, 3.05) is 48.0 Å². The maximum absolute atomic E-state index is 15.0. The number of hydrogen-bond donors (Lipinski definition) is 5. The van der Waals surface area contributed by atoms with E-state index in [1.807, 2.05) is 103 Å². The number of hydrogen-bond acceptors (Lipinski definition) is 20. The highest BCUT2D eigenvalue weighted by atomic mass is 35.5. The normalized spacial score (nSPS) is 14.9. The summed E-state index contributed by atoms with van der Waals surface area (Å²) in [7, 11) is 1.66. The number of amides is 3. The molecule has 3 atom stereocenters. The molecule has 0 radical (unpaired) electrons. The highest BCUT2D eigenvalue weighted by molar-refractivity contribution is 5.92. The van der Waals surface area contributed by atoms with Crippen LogP contribution in [-0.2, 0) is 73.1 Å². The largest absolute Gasteiger partial charge is 1.00 e. The number of benzene rings is 7. The van der Waals surface area contributed by atoms with Gasteiger partial charge < -0.3 is 59.7 Å². The third-order valence-electron chi connectivity index (χ3n) is 17.7. The van der Waals surface area contributed by atoms with Gasteiger partial charge in [0.1, 0.15) is 66.8 Å². The van der Waals surface area contributed by atoms with Crippen molar-refractivity contribution in [1.29, 1.82) is 0 Å². The zero-order valence-corrected chi connectivity index (χ0v) is 61.5. The summed E-state index contributed by atoms with van der Waals surface area (Å²) in [5.74, 6) is -0.308. The van der Waals surface area contributed by atoms with Crippen molar-refractivity contribution < 1.29 is 81.9 Å². The van der Waals surface area contributed by atoms with E-state index in [-0.39, 0.29) is 48.9 Å². The number of quaternary nitrogens is 2. The number of halogens is 5. The summed E-state index contributed by atoms with van der Waals surface area (Å²) < 4.78 is 72.5. The summed E-state index contributed by atoms with van der Waals surface area (Å²) in [5.41, 5.74) is 11.5. The van der Waals surface area contributed by atoms with Crippen molar-refractivity contribution in [3.63, 3.8) is 0 Å². The summed E-state index contributed by atoms with van der Waals surface area (Å²) in [6, 6.07) is 45.6. The molecule has 0 aliphatic carbocycles. The Balaban J connectivity index is 0.000000151. The zero-order valence-electron chi connectivity index (χ0n) is 60.0. The molecule has 7 aromatic carbocycles. The molecule has 36 heteroatoms. The Labute approximate surface area is 646 Å². The second-order valence-corrected chi connectivity index (χ2v) is 25.4. The lowest BCUT2D eigenvalue weighted by Crippen LogP contribution is -3.00. The molecule has 9 heterocycles. The van der Waals surface area contributed by atoms with Crippen molar-refractivity contribution >= 4 is 35.3 Å². The summed E-state index contributed by atoms with van der Waals surface area (Å²) in [4.78, 5) is 41.1. The quantitative estimate of drug-likeness (QED) is 0.0480. The van der Waals surface area contributed by atoms with Crippen LogP contribution in [0.3, 0.4) is 0 Å². The van der Waals surface area contributed by atoms with Crippen molar-refractivity contribution in [3.05, 3.63) is 265 Å². The topological polar surface area (TPSA) is 349 Å². The Morgan fingerprint density at radius 3 is 1.20 bits per heavy atom. The monoisotopic (exact) mass is 1550 g/mol. The van der Waals surface area contributed by atoms with Gasteiger partial charge in [0.25, 0.3) is 0 Å². The molecule has 13 aromatic rings. The Morgan fingerprint density at radius 2 is 0.838 bits per heavy atom.